The van der Waals surface area contributed by atoms with Gasteiger partial charge in [-0.1, -0.05) is 95.1 Å². The van der Waals surface area contributed by atoms with Crippen molar-refractivity contribution < 1.29 is 19.1 Å². The highest BCUT2D eigenvalue weighted by molar-refractivity contribution is 6.30. The van der Waals surface area contributed by atoms with E-state index in [2.05, 4.69) is 183 Å². The molecule has 0 aromatic heterocycles. The fraction of sp³-hybridized carbons (Fsp3) is 0.129. The maximum atomic E-state index is 15.4. The van der Waals surface area contributed by atoms with Gasteiger partial charge in [0.1, 0.15) is 11.5 Å². The molecule has 0 aliphatic carbocycles. The predicted molar refractivity (Wildman–Crippen MR) is 282 cm³/mol. The highest BCUT2D eigenvalue weighted by atomic mass is 16.5. The second kappa shape index (κ2) is 19.2. The van der Waals surface area contributed by atoms with E-state index in [0.29, 0.717) is 34.0 Å². The number of fused-ring (bicyclic) bond motifs is 1. The van der Waals surface area contributed by atoms with Gasteiger partial charge < -0.3 is 29.1 Å². The Morgan fingerprint density at radius 3 is 0.829 bits per heavy atom. The molecule has 0 spiro atoms. The lowest BCUT2D eigenvalue weighted by molar-refractivity contribution is -0.124. The molecule has 8 nitrogen and oxygen atoms in total. The van der Waals surface area contributed by atoms with E-state index in [0.717, 1.165) is 56.4 Å². The number of anilines is 6. The van der Waals surface area contributed by atoms with Crippen molar-refractivity contribution in [3.63, 3.8) is 0 Å². The second-order valence-electron chi connectivity index (χ2n) is 18.0. The summed E-state index contributed by atoms with van der Waals surface area (Å²) in [6.07, 6.45) is 0. The first-order valence-electron chi connectivity index (χ1n) is 23.5. The van der Waals surface area contributed by atoms with E-state index in [4.69, 9.17) is 9.47 Å². The van der Waals surface area contributed by atoms with Crippen LogP contribution in [0.5, 0.6) is 11.5 Å². The summed E-state index contributed by atoms with van der Waals surface area (Å²) < 4.78 is 11.1. The van der Waals surface area contributed by atoms with E-state index in [1.54, 1.807) is 24.0 Å². The normalized spacial score (nSPS) is 13.3. The second-order valence-corrected chi connectivity index (χ2v) is 18.0. The highest BCUT2D eigenvalue weighted by Gasteiger charge is 2.49. The Morgan fingerprint density at radius 1 is 0.343 bits per heavy atom. The smallest absolute Gasteiger partial charge is 0.261 e. The van der Waals surface area contributed by atoms with Crippen molar-refractivity contribution in [3.05, 3.63) is 250 Å². The zero-order valence-corrected chi connectivity index (χ0v) is 40.3. The molecule has 8 aromatic rings. The van der Waals surface area contributed by atoms with Crippen LogP contribution in [-0.2, 0) is 22.7 Å². The minimum absolute atomic E-state index is 0.241. The Hall–Kier alpha value is -8.62. The molecule has 2 aliphatic heterocycles. The van der Waals surface area contributed by atoms with Gasteiger partial charge in [-0.25, -0.2) is 0 Å². The molecule has 0 saturated heterocycles. The number of nitrogens with zero attached hydrogens (tertiary/aromatic N) is 4. The van der Waals surface area contributed by atoms with E-state index in [-0.39, 0.29) is 24.9 Å². The Morgan fingerprint density at radius 2 is 0.586 bits per heavy atom. The maximum absolute atomic E-state index is 15.4. The summed E-state index contributed by atoms with van der Waals surface area (Å²) in [5, 5.41) is 0. The van der Waals surface area contributed by atoms with Gasteiger partial charge in [0.2, 0.25) is 0 Å². The Balaban J connectivity index is 1.03. The third-order valence-corrected chi connectivity index (χ3v) is 13.1. The monoisotopic (exact) mass is 918 g/mol. The maximum Gasteiger partial charge on any atom is 0.261 e. The first-order chi connectivity index (χ1) is 34.1. The molecule has 0 atom stereocenters. The molecule has 0 radical (unpaired) electrons. The zero-order chi connectivity index (χ0) is 48.5. The first kappa shape index (κ1) is 45.2. The molecule has 0 fully saturated rings. The molecular formula is C62H54N4O4. The molecule has 8 heteroatoms. The van der Waals surface area contributed by atoms with E-state index in [1.807, 2.05) is 48.5 Å². The number of ether oxygens (including phenoxy) is 2. The number of methoxy groups -OCH3 is 2. The average Bonchev–Trinajstić information content (AvgIpc) is 3.83. The van der Waals surface area contributed by atoms with Crippen LogP contribution in [0.25, 0.3) is 11.4 Å². The molecule has 346 valence electrons. The Bertz CT molecular complexity index is 2940. The molecule has 0 unspecified atom stereocenters. The van der Waals surface area contributed by atoms with Crippen molar-refractivity contribution in [2.45, 2.75) is 40.8 Å². The zero-order valence-electron chi connectivity index (χ0n) is 40.3. The number of carbonyl (C=O) groups excluding carboxylic acids is 2. The molecular weight excluding hydrogens is 865 g/mol. The van der Waals surface area contributed by atoms with E-state index in [1.165, 1.54) is 22.3 Å². The predicted octanol–water partition coefficient (Wildman–Crippen LogP) is 14.1. The number of amides is 2. The molecule has 2 aliphatic rings. The van der Waals surface area contributed by atoms with Crippen LogP contribution in [0.15, 0.2) is 205 Å². The fourth-order valence-electron chi connectivity index (χ4n) is 9.33. The summed E-state index contributed by atoms with van der Waals surface area (Å²) in [7, 11) is 3.25. The van der Waals surface area contributed by atoms with Crippen molar-refractivity contribution in [3.8, 4) is 11.5 Å². The van der Waals surface area contributed by atoms with Gasteiger partial charge in [-0.2, -0.15) is 0 Å². The Kier molecular flexibility index (Phi) is 12.4. The number of hydrogen-bond acceptors (Lipinski definition) is 6. The van der Waals surface area contributed by atoms with E-state index in [9.17, 15) is 0 Å². The van der Waals surface area contributed by atoms with Crippen molar-refractivity contribution >= 4 is 57.3 Å². The van der Waals surface area contributed by atoms with Crippen LogP contribution in [-0.4, -0.2) is 35.8 Å². The van der Waals surface area contributed by atoms with Gasteiger partial charge in [0.05, 0.1) is 49.8 Å². The molecule has 70 heavy (non-hydrogen) atoms. The standard InChI is InChI=1S/C62H54N4O4/c1-41-7-23-49(24-8-41)65(50-25-9-42(2)10-26-50)53-31-15-45(16-32-53)39-63-59(47-19-35-55(69-5)36-20-47)57-58(61(63)67)60(48-21-37-56(70-6)38-22-48)64(62(57)68)40-46-17-33-54(34-18-46)66(51-27-11-43(3)12-28-51)52-29-13-44(4)14-30-52/h7-38H,39-40H2,1-6H3. The number of benzene rings is 8. The van der Waals surface area contributed by atoms with Crippen LogP contribution in [0.2, 0.25) is 0 Å². The number of rotatable bonds is 14. The van der Waals surface area contributed by atoms with Crippen LogP contribution in [0.4, 0.5) is 34.1 Å². The van der Waals surface area contributed by atoms with Gasteiger partial charge in [0.25, 0.3) is 11.8 Å². The van der Waals surface area contributed by atoms with Crippen LogP contribution in [0, 0.1) is 27.7 Å². The lowest BCUT2D eigenvalue weighted by atomic mass is 10.0. The van der Waals surface area contributed by atoms with Crippen LogP contribution in [0.3, 0.4) is 0 Å². The van der Waals surface area contributed by atoms with Crippen molar-refractivity contribution in [1.82, 2.24) is 9.80 Å². The third kappa shape index (κ3) is 8.83. The van der Waals surface area contributed by atoms with Gasteiger partial charge in [-0.05, 0) is 171 Å². The van der Waals surface area contributed by atoms with Gasteiger partial charge in [0, 0.05) is 34.1 Å². The molecule has 0 bridgehead atoms. The topological polar surface area (TPSA) is 65.6 Å². The van der Waals surface area contributed by atoms with Crippen LogP contribution in [0.1, 0.15) is 44.5 Å². The summed E-state index contributed by atoms with van der Waals surface area (Å²) in [5.74, 6) is 0.867. The first-order valence-corrected chi connectivity index (χ1v) is 23.5. The van der Waals surface area contributed by atoms with Crippen LogP contribution < -0.4 is 19.3 Å². The van der Waals surface area contributed by atoms with Gasteiger partial charge >= 0.3 is 0 Å². The lowest BCUT2D eigenvalue weighted by Crippen LogP contribution is -2.29. The van der Waals surface area contributed by atoms with Crippen molar-refractivity contribution in [1.29, 1.82) is 0 Å². The quantitative estimate of drug-likeness (QED) is 0.108. The number of carbonyl (C=O) groups is 2. The van der Waals surface area contributed by atoms with Crippen molar-refractivity contribution in [2.24, 2.45) is 0 Å². The lowest BCUT2D eigenvalue weighted by Gasteiger charge is -2.27. The third-order valence-electron chi connectivity index (χ3n) is 13.1. The van der Waals surface area contributed by atoms with Gasteiger partial charge in [-0.3, -0.25) is 9.59 Å². The summed E-state index contributed by atoms with van der Waals surface area (Å²) in [4.78, 5) is 38.7. The molecule has 0 saturated carbocycles. The summed E-state index contributed by atoms with van der Waals surface area (Å²) >= 11 is 0. The molecule has 2 heterocycles. The summed E-state index contributed by atoms with van der Waals surface area (Å²) in [6.45, 7) is 8.84. The van der Waals surface area contributed by atoms with Crippen molar-refractivity contribution in [2.75, 3.05) is 24.0 Å². The van der Waals surface area contributed by atoms with Gasteiger partial charge in [-0.15, -0.1) is 0 Å². The number of aryl methyl sites for hydroxylation is 4. The fourth-order valence-corrected chi connectivity index (χ4v) is 9.33. The SMILES string of the molecule is COc1ccc(C2=C3C(=O)N(Cc4ccc(N(c5ccc(C)cc5)c5ccc(C)cc5)cc4)C(c4ccc(OC)cc4)=C3C(=O)N2Cc2ccc(N(c3ccc(C)cc3)c3ccc(C)cc3)cc2)cc1. The molecule has 8 aromatic carbocycles. The largest absolute Gasteiger partial charge is 0.497 e. The van der Waals surface area contributed by atoms with Gasteiger partial charge in [0.15, 0.2) is 0 Å². The minimum atomic E-state index is -0.241. The van der Waals surface area contributed by atoms with E-state index < -0.39 is 0 Å². The minimum Gasteiger partial charge on any atom is -0.497 e. The summed E-state index contributed by atoms with van der Waals surface area (Å²) in [6, 6.07) is 65.8. The Labute approximate surface area is 410 Å². The number of hydrogen-bond donors (Lipinski definition) is 0. The molecule has 10 rings (SSSR count). The summed E-state index contributed by atoms with van der Waals surface area (Å²) in [5.41, 5.74) is 16.1. The molecule has 2 amide bonds. The molecule has 0 N–H and O–H groups in total. The highest BCUT2D eigenvalue weighted by Crippen LogP contribution is 2.48. The average molecular weight is 919 g/mol. The van der Waals surface area contributed by atoms with Crippen LogP contribution >= 0.6 is 0 Å². The van der Waals surface area contributed by atoms with E-state index >= 15 is 9.59 Å².